The van der Waals surface area contributed by atoms with E-state index in [9.17, 15) is 18.8 Å². The van der Waals surface area contributed by atoms with Gasteiger partial charge in [0.2, 0.25) is 11.7 Å². The van der Waals surface area contributed by atoms with E-state index in [2.05, 4.69) is 20.7 Å². The minimum Gasteiger partial charge on any atom is -0.368 e. The number of carbonyl (C=O) groups excluding carboxylic acids is 3. The summed E-state index contributed by atoms with van der Waals surface area (Å²) in [6, 6.07) is 15.5. The summed E-state index contributed by atoms with van der Waals surface area (Å²) < 4.78 is 15.2. The highest BCUT2D eigenvalue weighted by Gasteiger charge is 2.20. The van der Waals surface area contributed by atoms with Crippen LogP contribution in [0.15, 0.2) is 66.0 Å². The van der Waals surface area contributed by atoms with Gasteiger partial charge in [0.25, 0.3) is 11.8 Å². The maximum Gasteiger partial charge on any atom is 0.295 e. The van der Waals surface area contributed by atoms with Gasteiger partial charge >= 0.3 is 0 Å². The summed E-state index contributed by atoms with van der Waals surface area (Å²) in [7, 11) is 0. The van der Waals surface area contributed by atoms with Gasteiger partial charge in [-0.25, -0.2) is 14.1 Å². The van der Waals surface area contributed by atoms with Gasteiger partial charge in [-0.1, -0.05) is 12.1 Å². The second kappa shape index (κ2) is 9.40. The van der Waals surface area contributed by atoms with Gasteiger partial charge < -0.3 is 16.4 Å². The number of halogens is 1. The highest BCUT2D eigenvalue weighted by Crippen LogP contribution is 2.26. The van der Waals surface area contributed by atoms with E-state index in [1.807, 2.05) is 17.5 Å². The van der Waals surface area contributed by atoms with E-state index in [0.717, 1.165) is 4.88 Å². The van der Waals surface area contributed by atoms with E-state index in [0.29, 0.717) is 22.8 Å². The van der Waals surface area contributed by atoms with Crippen LogP contribution in [0, 0.1) is 5.82 Å². The summed E-state index contributed by atoms with van der Waals surface area (Å²) in [5, 5.41) is 11.2. The van der Waals surface area contributed by atoms with E-state index < -0.39 is 23.5 Å². The van der Waals surface area contributed by atoms with E-state index in [4.69, 9.17) is 5.73 Å². The first-order valence-corrected chi connectivity index (χ1v) is 10.5. The van der Waals surface area contributed by atoms with Gasteiger partial charge in [-0.3, -0.25) is 14.4 Å². The molecule has 11 heteroatoms. The van der Waals surface area contributed by atoms with Gasteiger partial charge in [-0.2, -0.15) is 0 Å². The number of thiophene rings is 1. The minimum atomic E-state index is -0.653. The monoisotopic (exact) mass is 464 g/mol. The molecule has 9 nitrogen and oxygen atoms in total. The Hall–Kier alpha value is -4.38. The maximum atomic E-state index is 13.8. The zero-order valence-electron chi connectivity index (χ0n) is 17.0. The molecule has 4 rings (SSSR count). The molecule has 2 aromatic heterocycles. The van der Waals surface area contributed by atoms with E-state index >= 15 is 0 Å². The van der Waals surface area contributed by atoms with Crippen molar-refractivity contribution in [1.82, 2.24) is 20.1 Å². The second-order valence-corrected chi connectivity index (χ2v) is 7.76. The highest BCUT2D eigenvalue weighted by molar-refractivity contribution is 7.13. The first kappa shape index (κ1) is 21.8. The molecule has 4 N–H and O–H groups in total. The van der Waals surface area contributed by atoms with Crippen LogP contribution in [0.5, 0.6) is 0 Å². The average Bonchev–Trinajstić information content (AvgIpc) is 3.48. The number of amides is 3. The lowest BCUT2D eigenvalue weighted by molar-refractivity contribution is -0.117. The largest absolute Gasteiger partial charge is 0.368 e. The third kappa shape index (κ3) is 5.10. The number of carbonyl (C=O) groups is 3. The highest BCUT2D eigenvalue weighted by atomic mass is 32.1. The third-order valence-electron chi connectivity index (χ3n) is 4.43. The van der Waals surface area contributed by atoms with Gasteiger partial charge in [-0.05, 0) is 53.9 Å². The molecule has 0 unspecified atom stereocenters. The molecule has 0 atom stereocenters. The number of aromatic nitrogens is 3. The fourth-order valence-corrected chi connectivity index (χ4v) is 3.62. The van der Waals surface area contributed by atoms with E-state index in [1.54, 1.807) is 12.1 Å². The number of nitrogens with zero attached hydrogens (tertiary/aromatic N) is 3. The SMILES string of the molecule is NC(=O)CNC(=O)c1ccc(NC(=O)c2nc(-c3cccs3)n(-c3cccc(F)c3)n2)cc1. The van der Waals surface area contributed by atoms with Crippen molar-refractivity contribution in [3.8, 4) is 16.4 Å². The summed E-state index contributed by atoms with van der Waals surface area (Å²) in [4.78, 5) is 40.7. The molecule has 2 heterocycles. The van der Waals surface area contributed by atoms with Crippen molar-refractivity contribution >= 4 is 34.7 Å². The Morgan fingerprint density at radius 3 is 2.48 bits per heavy atom. The number of anilines is 1. The van der Waals surface area contributed by atoms with Crippen LogP contribution in [-0.4, -0.2) is 39.0 Å². The first-order chi connectivity index (χ1) is 15.9. The summed E-state index contributed by atoms with van der Waals surface area (Å²) in [5.41, 5.74) is 6.14. The molecule has 0 aliphatic rings. The van der Waals surface area contributed by atoms with Crippen LogP contribution in [0.2, 0.25) is 0 Å². The fraction of sp³-hybridized carbons (Fsp3) is 0.0455. The molecule has 0 aliphatic heterocycles. The molecule has 0 bridgehead atoms. The molecule has 166 valence electrons. The Labute approximate surface area is 191 Å². The van der Waals surface area contributed by atoms with Crippen molar-refractivity contribution in [3.05, 3.63) is 83.2 Å². The second-order valence-electron chi connectivity index (χ2n) is 6.81. The molecule has 2 aromatic carbocycles. The summed E-state index contributed by atoms with van der Waals surface area (Å²) >= 11 is 1.41. The lowest BCUT2D eigenvalue weighted by Crippen LogP contribution is -2.33. The Bertz CT molecular complexity index is 1320. The number of benzene rings is 2. The van der Waals surface area contributed by atoms with E-state index in [1.165, 1.54) is 52.4 Å². The van der Waals surface area contributed by atoms with Crippen LogP contribution in [0.25, 0.3) is 16.4 Å². The average molecular weight is 464 g/mol. The fourth-order valence-electron chi connectivity index (χ4n) is 2.92. The molecule has 0 radical (unpaired) electrons. The molecule has 0 saturated carbocycles. The van der Waals surface area contributed by atoms with Gasteiger partial charge in [0, 0.05) is 11.3 Å². The summed E-state index contributed by atoms with van der Waals surface area (Å²) in [5.74, 6) is -1.84. The molecule has 0 spiro atoms. The zero-order valence-corrected chi connectivity index (χ0v) is 17.8. The number of hydrogen-bond acceptors (Lipinski definition) is 6. The smallest absolute Gasteiger partial charge is 0.295 e. The van der Waals surface area contributed by atoms with Crippen LogP contribution in [0.4, 0.5) is 10.1 Å². The lowest BCUT2D eigenvalue weighted by Gasteiger charge is -2.05. The minimum absolute atomic E-state index is 0.106. The predicted octanol–water partition coefficient (Wildman–Crippen LogP) is 2.60. The van der Waals surface area contributed by atoms with Gasteiger partial charge in [0.1, 0.15) is 5.82 Å². The molecule has 4 aromatic rings. The van der Waals surface area contributed by atoms with Gasteiger partial charge in [0.15, 0.2) is 5.82 Å². The van der Waals surface area contributed by atoms with Crippen molar-refractivity contribution in [3.63, 3.8) is 0 Å². The molecular weight excluding hydrogens is 447 g/mol. The third-order valence-corrected chi connectivity index (χ3v) is 5.30. The Balaban J connectivity index is 1.56. The van der Waals surface area contributed by atoms with E-state index in [-0.39, 0.29) is 12.4 Å². The van der Waals surface area contributed by atoms with Crippen LogP contribution >= 0.6 is 11.3 Å². The summed E-state index contributed by atoms with van der Waals surface area (Å²) in [6.45, 7) is -0.274. The Morgan fingerprint density at radius 1 is 1.03 bits per heavy atom. The van der Waals surface area contributed by atoms with Crippen molar-refractivity contribution < 1.29 is 18.8 Å². The number of nitrogens with two attached hydrogens (primary N) is 1. The summed E-state index contributed by atoms with van der Waals surface area (Å²) in [6.07, 6.45) is 0. The van der Waals surface area contributed by atoms with Crippen molar-refractivity contribution in [1.29, 1.82) is 0 Å². The van der Waals surface area contributed by atoms with Gasteiger partial charge in [0.05, 0.1) is 17.1 Å². The molecule has 0 aliphatic carbocycles. The van der Waals surface area contributed by atoms with Crippen molar-refractivity contribution in [2.45, 2.75) is 0 Å². The molecule has 33 heavy (non-hydrogen) atoms. The molecule has 0 fully saturated rings. The van der Waals surface area contributed by atoms with Crippen LogP contribution in [0.1, 0.15) is 21.0 Å². The number of nitrogens with one attached hydrogen (secondary N) is 2. The molecule has 0 saturated heterocycles. The molecular formula is C22H17FN6O3S. The van der Waals surface area contributed by atoms with Crippen LogP contribution in [0.3, 0.4) is 0 Å². The number of rotatable bonds is 7. The standard InChI is InChI=1S/C22H17FN6O3S/c23-14-3-1-4-16(11-14)29-20(17-5-2-10-33-17)27-19(28-29)22(32)26-15-8-6-13(7-9-15)21(31)25-12-18(24)30/h1-11H,12H2,(H2,24,30)(H,25,31)(H,26,32). The molecule has 3 amide bonds. The first-order valence-electron chi connectivity index (χ1n) is 9.65. The quantitative estimate of drug-likeness (QED) is 0.387. The maximum absolute atomic E-state index is 13.8. The Morgan fingerprint density at radius 2 is 1.82 bits per heavy atom. The number of hydrogen-bond donors (Lipinski definition) is 3. The number of primary amides is 1. The Kier molecular flexibility index (Phi) is 6.22. The van der Waals surface area contributed by atoms with Crippen LogP contribution in [-0.2, 0) is 4.79 Å². The normalized spacial score (nSPS) is 10.6. The van der Waals surface area contributed by atoms with Crippen molar-refractivity contribution in [2.24, 2.45) is 5.73 Å². The lowest BCUT2D eigenvalue weighted by atomic mass is 10.2. The zero-order chi connectivity index (χ0) is 23.4. The topological polar surface area (TPSA) is 132 Å². The van der Waals surface area contributed by atoms with Gasteiger partial charge in [-0.15, -0.1) is 16.4 Å². The predicted molar refractivity (Wildman–Crippen MR) is 121 cm³/mol. The van der Waals surface area contributed by atoms with Crippen molar-refractivity contribution in [2.75, 3.05) is 11.9 Å². The van der Waals surface area contributed by atoms with Crippen LogP contribution < -0.4 is 16.4 Å².